The van der Waals surface area contributed by atoms with E-state index in [1.54, 1.807) is 6.08 Å². The van der Waals surface area contributed by atoms with Gasteiger partial charge >= 0.3 is 0 Å². The Morgan fingerprint density at radius 2 is 1.79 bits per heavy atom. The lowest BCUT2D eigenvalue weighted by atomic mass is 10.2. The van der Waals surface area contributed by atoms with Crippen molar-refractivity contribution in [3.05, 3.63) is 63.1 Å². The fraction of sp³-hybridized carbons (Fsp3) is 0.167. The molecule has 2 aromatic carbocycles. The van der Waals surface area contributed by atoms with E-state index in [0.717, 1.165) is 11.3 Å². The lowest BCUT2D eigenvalue weighted by Gasteiger charge is -2.09. The first-order chi connectivity index (χ1) is 11.3. The molecule has 24 heavy (non-hydrogen) atoms. The summed E-state index contributed by atoms with van der Waals surface area (Å²) in [6, 6.07) is 10.5. The fourth-order valence-electron chi connectivity index (χ4n) is 1.93. The second-order valence-corrected chi connectivity index (χ2v) is 6.53. The minimum absolute atomic E-state index is 0.0873. The Morgan fingerprint density at radius 1 is 1.08 bits per heavy atom. The molecule has 1 amide bonds. The molecule has 0 saturated heterocycles. The van der Waals surface area contributed by atoms with Gasteiger partial charge in [-0.15, -0.1) is 0 Å². The summed E-state index contributed by atoms with van der Waals surface area (Å²) in [5.74, 6) is 0.422. The topological polar surface area (TPSA) is 38.3 Å². The van der Waals surface area contributed by atoms with Crippen LogP contribution in [0.4, 0.5) is 5.69 Å². The maximum absolute atomic E-state index is 12.0. The summed E-state index contributed by atoms with van der Waals surface area (Å²) in [6.45, 7) is 3.91. The van der Waals surface area contributed by atoms with Crippen molar-refractivity contribution in [2.24, 2.45) is 0 Å². The van der Waals surface area contributed by atoms with Crippen molar-refractivity contribution >= 4 is 52.5 Å². The fourth-order valence-corrected chi connectivity index (χ4v) is 2.52. The highest BCUT2D eigenvalue weighted by atomic mass is 35.5. The zero-order valence-corrected chi connectivity index (χ0v) is 15.4. The van der Waals surface area contributed by atoms with Gasteiger partial charge in [0.25, 0.3) is 0 Å². The second-order valence-electron chi connectivity index (χ2n) is 5.31. The molecule has 1 N–H and O–H groups in total. The minimum atomic E-state index is -0.328. The molecule has 2 aromatic rings. The maximum Gasteiger partial charge on any atom is 0.248 e. The number of ether oxygens (including phenoxy) is 1. The highest BCUT2D eigenvalue weighted by Crippen LogP contribution is 2.32. The van der Waals surface area contributed by atoms with Crippen LogP contribution in [0, 0.1) is 0 Å². The Bertz CT molecular complexity index is 773. The van der Waals surface area contributed by atoms with Crippen LogP contribution in [0.25, 0.3) is 6.08 Å². The predicted molar refractivity (Wildman–Crippen MR) is 101 cm³/mol. The van der Waals surface area contributed by atoms with Crippen molar-refractivity contribution in [2.75, 3.05) is 5.32 Å². The van der Waals surface area contributed by atoms with E-state index in [-0.39, 0.29) is 12.0 Å². The Balaban J connectivity index is 2.07. The van der Waals surface area contributed by atoms with Crippen molar-refractivity contribution in [1.82, 2.24) is 0 Å². The number of rotatable bonds is 5. The number of hydrogen-bond donors (Lipinski definition) is 1. The summed E-state index contributed by atoms with van der Waals surface area (Å²) in [5.41, 5.74) is 1.25. The number of carbonyl (C=O) groups excluding carboxylic acids is 1. The van der Waals surface area contributed by atoms with E-state index >= 15 is 0 Å². The highest BCUT2D eigenvalue weighted by molar-refractivity contribution is 6.44. The van der Waals surface area contributed by atoms with E-state index < -0.39 is 0 Å². The van der Waals surface area contributed by atoms with Crippen LogP contribution in [0.2, 0.25) is 15.1 Å². The average Bonchev–Trinajstić information content (AvgIpc) is 2.50. The summed E-state index contributed by atoms with van der Waals surface area (Å²) in [5, 5.41) is 3.63. The highest BCUT2D eigenvalue weighted by Gasteiger charge is 2.08. The molecular weight excluding hydrogens is 369 g/mol. The normalized spacial score (nSPS) is 11.1. The van der Waals surface area contributed by atoms with Gasteiger partial charge in [0, 0.05) is 6.08 Å². The van der Waals surface area contributed by atoms with E-state index in [1.165, 1.54) is 18.2 Å². The van der Waals surface area contributed by atoms with Crippen LogP contribution < -0.4 is 10.1 Å². The van der Waals surface area contributed by atoms with Gasteiger partial charge in [-0.1, -0.05) is 46.9 Å². The molecule has 0 unspecified atom stereocenters. The van der Waals surface area contributed by atoms with Gasteiger partial charge < -0.3 is 10.1 Å². The van der Waals surface area contributed by atoms with E-state index in [2.05, 4.69) is 5.32 Å². The molecule has 2 rings (SSSR count). The van der Waals surface area contributed by atoms with Gasteiger partial charge in [-0.3, -0.25) is 4.79 Å². The van der Waals surface area contributed by atoms with Crippen LogP contribution in [-0.2, 0) is 4.79 Å². The van der Waals surface area contributed by atoms with Crippen molar-refractivity contribution in [3.8, 4) is 5.75 Å². The first-order valence-corrected chi connectivity index (χ1v) is 8.39. The van der Waals surface area contributed by atoms with Gasteiger partial charge in [-0.2, -0.15) is 0 Å². The SMILES string of the molecule is CC(C)Oc1cccc(/C=C/C(=O)Nc2cc(Cl)c(Cl)cc2Cl)c1. The van der Waals surface area contributed by atoms with E-state index in [0.29, 0.717) is 20.8 Å². The maximum atomic E-state index is 12.0. The molecule has 0 aliphatic rings. The number of anilines is 1. The number of nitrogens with one attached hydrogen (secondary N) is 1. The van der Waals surface area contributed by atoms with Crippen LogP contribution >= 0.6 is 34.8 Å². The molecule has 0 aliphatic heterocycles. The number of halogens is 3. The summed E-state index contributed by atoms with van der Waals surface area (Å²) in [7, 11) is 0. The third-order valence-corrected chi connectivity index (χ3v) is 3.96. The van der Waals surface area contributed by atoms with Gasteiger partial charge in [-0.25, -0.2) is 0 Å². The molecule has 0 heterocycles. The monoisotopic (exact) mass is 383 g/mol. The van der Waals surface area contributed by atoms with Crippen molar-refractivity contribution in [3.63, 3.8) is 0 Å². The smallest absolute Gasteiger partial charge is 0.248 e. The zero-order valence-electron chi connectivity index (χ0n) is 13.1. The molecule has 0 radical (unpaired) electrons. The molecule has 0 aromatic heterocycles. The minimum Gasteiger partial charge on any atom is -0.491 e. The number of amides is 1. The molecule has 0 bridgehead atoms. The largest absolute Gasteiger partial charge is 0.491 e. The van der Waals surface area contributed by atoms with Crippen LogP contribution in [0.15, 0.2) is 42.5 Å². The third kappa shape index (κ3) is 5.45. The quantitative estimate of drug-likeness (QED) is 0.500. The van der Waals surface area contributed by atoms with E-state index in [4.69, 9.17) is 39.5 Å². The number of hydrogen-bond acceptors (Lipinski definition) is 2. The Labute approximate surface area is 156 Å². The summed E-state index contributed by atoms with van der Waals surface area (Å²) < 4.78 is 5.62. The van der Waals surface area contributed by atoms with Crippen LogP contribution in [0.1, 0.15) is 19.4 Å². The van der Waals surface area contributed by atoms with Crippen LogP contribution in [0.5, 0.6) is 5.75 Å². The lowest BCUT2D eigenvalue weighted by Crippen LogP contribution is -2.08. The van der Waals surface area contributed by atoms with Crippen molar-refractivity contribution < 1.29 is 9.53 Å². The molecule has 0 saturated carbocycles. The number of benzene rings is 2. The molecule has 0 fully saturated rings. The third-order valence-electron chi connectivity index (χ3n) is 2.92. The standard InChI is InChI=1S/C18H16Cl3NO2/c1-11(2)24-13-5-3-4-12(8-13)6-7-18(23)22-17-10-15(20)14(19)9-16(17)21/h3-11H,1-2H3,(H,22,23)/b7-6+. The molecule has 3 nitrogen and oxygen atoms in total. The molecule has 0 atom stereocenters. The first-order valence-electron chi connectivity index (χ1n) is 7.25. The Kier molecular flexibility index (Phi) is 6.55. The molecule has 6 heteroatoms. The van der Waals surface area contributed by atoms with E-state index in [9.17, 15) is 4.79 Å². The first kappa shape index (κ1) is 18.7. The second kappa shape index (κ2) is 8.43. The number of carbonyl (C=O) groups is 1. The molecular formula is C18H16Cl3NO2. The summed E-state index contributed by atoms with van der Waals surface area (Å²) in [6.07, 6.45) is 3.19. The molecule has 0 spiro atoms. The van der Waals surface area contributed by atoms with E-state index in [1.807, 2.05) is 38.1 Å². The lowest BCUT2D eigenvalue weighted by molar-refractivity contribution is -0.111. The van der Waals surface area contributed by atoms with Crippen LogP contribution in [-0.4, -0.2) is 12.0 Å². The van der Waals surface area contributed by atoms with Gasteiger partial charge in [0.2, 0.25) is 5.91 Å². The Morgan fingerprint density at radius 3 is 2.50 bits per heavy atom. The molecule has 0 aliphatic carbocycles. The van der Waals surface area contributed by atoms with Gasteiger partial charge in [-0.05, 0) is 49.8 Å². The van der Waals surface area contributed by atoms with Crippen LogP contribution in [0.3, 0.4) is 0 Å². The summed E-state index contributed by atoms with van der Waals surface area (Å²) in [4.78, 5) is 12.0. The average molecular weight is 385 g/mol. The molecule has 126 valence electrons. The van der Waals surface area contributed by atoms with Gasteiger partial charge in [0.1, 0.15) is 5.75 Å². The zero-order chi connectivity index (χ0) is 17.7. The predicted octanol–water partition coefficient (Wildman–Crippen LogP) is 6.09. The van der Waals surface area contributed by atoms with Gasteiger partial charge in [0.05, 0.1) is 26.9 Å². The van der Waals surface area contributed by atoms with Crippen molar-refractivity contribution in [1.29, 1.82) is 0 Å². The van der Waals surface area contributed by atoms with Crippen molar-refractivity contribution in [2.45, 2.75) is 20.0 Å². The summed E-state index contributed by atoms with van der Waals surface area (Å²) >= 11 is 17.8. The Hall–Kier alpha value is -1.68. The van der Waals surface area contributed by atoms with Gasteiger partial charge in [0.15, 0.2) is 0 Å².